The van der Waals surface area contributed by atoms with Gasteiger partial charge in [-0.25, -0.2) is 9.97 Å². The second kappa shape index (κ2) is 14.2. The van der Waals surface area contributed by atoms with Crippen molar-refractivity contribution in [1.82, 2.24) is 19.8 Å². The van der Waals surface area contributed by atoms with Crippen LogP contribution in [0.3, 0.4) is 0 Å². The van der Waals surface area contributed by atoms with Crippen molar-refractivity contribution < 1.29 is 23.7 Å². The van der Waals surface area contributed by atoms with Crippen molar-refractivity contribution in [2.45, 2.75) is 6.92 Å². The summed E-state index contributed by atoms with van der Waals surface area (Å²) in [4.78, 5) is 25.1. The smallest absolute Gasteiger partial charge is 0.320 e. The predicted molar refractivity (Wildman–Crippen MR) is 149 cm³/mol. The highest BCUT2D eigenvalue weighted by atomic mass is 79.9. The van der Waals surface area contributed by atoms with E-state index >= 15 is 0 Å². The maximum Gasteiger partial charge on any atom is 0.320 e. The molecular weight excluding hydrogens is 554 g/mol. The summed E-state index contributed by atoms with van der Waals surface area (Å²) in [6, 6.07) is 11.7. The van der Waals surface area contributed by atoms with Gasteiger partial charge in [-0.1, -0.05) is 22.0 Å². The van der Waals surface area contributed by atoms with Gasteiger partial charge in [-0.05, 0) is 31.2 Å². The van der Waals surface area contributed by atoms with Crippen LogP contribution < -0.4 is 14.8 Å². The second-order valence-electron chi connectivity index (χ2n) is 8.79. The average Bonchev–Trinajstić information content (AvgIpc) is 2.90. The summed E-state index contributed by atoms with van der Waals surface area (Å²) >= 11 is 3.51. The molecule has 0 radical (unpaired) electrons. The maximum absolute atomic E-state index is 11.7. The van der Waals surface area contributed by atoms with Gasteiger partial charge in [0.05, 0.1) is 25.3 Å². The molecule has 10 nitrogen and oxygen atoms in total. The van der Waals surface area contributed by atoms with Gasteiger partial charge in [0.25, 0.3) is 0 Å². The fraction of sp³-hybridized carbons (Fsp3) is 0.444. The number of halogens is 1. The molecule has 0 unspecified atom stereocenters. The van der Waals surface area contributed by atoms with Crippen LogP contribution in [0.2, 0.25) is 0 Å². The van der Waals surface area contributed by atoms with Crippen molar-refractivity contribution in [3.05, 3.63) is 47.2 Å². The van der Waals surface area contributed by atoms with Crippen LogP contribution >= 0.6 is 15.9 Å². The Labute approximate surface area is 231 Å². The van der Waals surface area contributed by atoms with Gasteiger partial charge in [0.1, 0.15) is 25.4 Å². The normalized spacial score (nSPS) is 14.4. The number of rotatable bonds is 13. The molecule has 1 aromatic heterocycles. The molecule has 1 fully saturated rings. The molecule has 11 heteroatoms. The molecule has 1 saturated heterocycles. The quantitative estimate of drug-likeness (QED) is 0.235. The van der Waals surface area contributed by atoms with E-state index in [-0.39, 0.29) is 5.97 Å². The maximum atomic E-state index is 11.7. The summed E-state index contributed by atoms with van der Waals surface area (Å²) in [5.74, 6) is 1.75. The summed E-state index contributed by atoms with van der Waals surface area (Å²) in [5, 5.41) is 4.19. The van der Waals surface area contributed by atoms with E-state index in [1.165, 1.54) is 6.33 Å². The molecule has 0 atom stereocenters. The molecule has 204 valence electrons. The lowest BCUT2D eigenvalue weighted by atomic mass is 10.2. The van der Waals surface area contributed by atoms with E-state index in [4.69, 9.17) is 18.9 Å². The molecule has 38 heavy (non-hydrogen) atoms. The van der Waals surface area contributed by atoms with Gasteiger partial charge >= 0.3 is 5.97 Å². The number of aromatic nitrogens is 2. The Morgan fingerprint density at radius 1 is 1.00 bits per heavy atom. The lowest BCUT2D eigenvalue weighted by Gasteiger charge is -2.33. The molecule has 2 aromatic carbocycles. The number of hydrogen-bond acceptors (Lipinski definition) is 10. The van der Waals surface area contributed by atoms with E-state index in [1.807, 2.05) is 43.3 Å². The van der Waals surface area contributed by atoms with E-state index in [1.54, 1.807) is 7.11 Å². The van der Waals surface area contributed by atoms with Gasteiger partial charge in [-0.15, -0.1) is 0 Å². The minimum atomic E-state index is -0.166. The highest BCUT2D eigenvalue weighted by molar-refractivity contribution is 9.10. The molecule has 2 heterocycles. The number of esters is 1. The van der Waals surface area contributed by atoms with Crippen LogP contribution in [0, 0.1) is 0 Å². The fourth-order valence-corrected chi connectivity index (χ4v) is 4.57. The van der Waals surface area contributed by atoms with Gasteiger partial charge in [0.2, 0.25) is 0 Å². The number of anilines is 2. The summed E-state index contributed by atoms with van der Waals surface area (Å²) in [5.41, 5.74) is 1.66. The van der Waals surface area contributed by atoms with Crippen molar-refractivity contribution in [2.75, 3.05) is 78.1 Å². The number of hydrogen-bond donors (Lipinski definition) is 1. The first-order valence-corrected chi connectivity index (χ1v) is 13.5. The monoisotopic (exact) mass is 587 g/mol. The van der Waals surface area contributed by atoms with Gasteiger partial charge < -0.3 is 24.3 Å². The number of fused-ring (bicyclic) bond motifs is 1. The Kier molecular flexibility index (Phi) is 10.5. The van der Waals surface area contributed by atoms with Crippen LogP contribution in [0.1, 0.15) is 6.92 Å². The lowest BCUT2D eigenvalue weighted by Crippen LogP contribution is -2.49. The standard InChI is InChI=1S/C27H34BrN5O5/c1-3-36-26(34)18-33-9-7-32(8-10-33)11-12-37-25-17-23-22(16-24(25)38-14-13-35-2)27(30-19-29-23)31-21-6-4-5-20(28)15-21/h4-6,15-17,19H,3,7-14,18H2,1-2H3,(H,29,30,31). The minimum Gasteiger partial charge on any atom is -0.488 e. The molecule has 1 aliphatic heterocycles. The fourth-order valence-electron chi connectivity index (χ4n) is 4.17. The number of ether oxygens (including phenoxy) is 4. The number of piperazine rings is 1. The van der Waals surface area contributed by atoms with Gasteiger partial charge in [-0.2, -0.15) is 0 Å². The molecule has 4 rings (SSSR count). The van der Waals surface area contributed by atoms with Gasteiger partial charge in [0.15, 0.2) is 11.5 Å². The topological polar surface area (TPSA) is 98.3 Å². The summed E-state index contributed by atoms with van der Waals surface area (Å²) in [6.45, 7) is 8.09. The molecule has 0 bridgehead atoms. The molecule has 3 aromatic rings. The van der Waals surface area contributed by atoms with Crippen molar-refractivity contribution in [1.29, 1.82) is 0 Å². The van der Waals surface area contributed by atoms with Crippen molar-refractivity contribution in [2.24, 2.45) is 0 Å². The Hall–Kier alpha value is -2.99. The van der Waals surface area contributed by atoms with Crippen LogP contribution in [0.5, 0.6) is 11.5 Å². The SMILES string of the molecule is CCOC(=O)CN1CCN(CCOc2cc3ncnc(Nc4cccc(Br)c4)c3cc2OCCOC)CC1. The largest absolute Gasteiger partial charge is 0.488 e. The van der Waals surface area contributed by atoms with Crippen LogP contribution in [0.4, 0.5) is 11.5 Å². The molecule has 0 aliphatic carbocycles. The zero-order valence-electron chi connectivity index (χ0n) is 21.8. The number of carbonyl (C=O) groups excluding carboxylic acids is 1. The highest BCUT2D eigenvalue weighted by Gasteiger charge is 2.20. The molecule has 1 N–H and O–H groups in total. The first-order chi connectivity index (χ1) is 18.6. The number of carbonyl (C=O) groups is 1. The Bertz CT molecular complexity index is 1210. The van der Waals surface area contributed by atoms with Crippen LogP contribution in [-0.2, 0) is 14.3 Å². The van der Waals surface area contributed by atoms with E-state index in [0.29, 0.717) is 50.3 Å². The van der Waals surface area contributed by atoms with Crippen LogP contribution in [-0.4, -0.2) is 98.5 Å². The second-order valence-corrected chi connectivity index (χ2v) is 9.70. The van der Waals surface area contributed by atoms with Crippen molar-refractivity contribution in [3.8, 4) is 11.5 Å². The molecular formula is C27H34BrN5O5. The highest BCUT2D eigenvalue weighted by Crippen LogP contribution is 2.35. The average molecular weight is 589 g/mol. The molecule has 1 aliphatic rings. The summed E-state index contributed by atoms with van der Waals surface area (Å²) < 4.78 is 23.4. The van der Waals surface area contributed by atoms with E-state index in [9.17, 15) is 4.79 Å². The van der Waals surface area contributed by atoms with E-state index in [2.05, 4.69) is 41.0 Å². The summed E-state index contributed by atoms with van der Waals surface area (Å²) in [6.07, 6.45) is 1.54. The molecule has 0 spiro atoms. The first-order valence-electron chi connectivity index (χ1n) is 12.7. The lowest BCUT2D eigenvalue weighted by molar-refractivity contribution is -0.144. The number of methoxy groups -OCH3 is 1. The third-order valence-corrected chi connectivity index (χ3v) is 6.61. The molecule has 0 saturated carbocycles. The third-order valence-electron chi connectivity index (χ3n) is 6.12. The molecule has 0 amide bonds. The minimum absolute atomic E-state index is 0.166. The van der Waals surface area contributed by atoms with Crippen molar-refractivity contribution in [3.63, 3.8) is 0 Å². The summed E-state index contributed by atoms with van der Waals surface area (Å²) in [7, 11) is 1.64. The first kappa shape index (κ1) is 28.0. The van der Waals surface area contributed by atoms with Gasteiger partial charge in [-0.3, -0.25) is 14.6 Å². The third kappa shape index (κ3) is 8.00. The van der Waals surface area contributed by atoms with Crippen LogP contribution in [0.15, 0.2) is 47.2 Å². The zero-order valence-corrected chi connectivity index (χ0v) is 23.4. The van der Waals surface area contributed by atoms with Crippen LogP contribution in [0.25, 0.3) is 10.9 Å². The zero-order chi connectivity index (χ0) is 26.7. The Morgan fingerprint density at radius 2 is 1.76 bits per heavy atom. The number of nitrogens with one attached hydrogen (secondary N) is 1. The van der Waals surface area contributed by atoms with E-state index < -0.39 is 0 Å². The van der Waals surface area contributed by atoms with Crippen molar-refractivity contribution >= 4 is 44.3 Å². The Morgan fingerprint density at radius 3 is 2.53 bits per heavy atom. The number of benzene rings is 2. The van der Waals surface area contributed by atoms with Gasteiger partial charge in [0, 0.05) is 61.4 Å². The van der Waals surface area contributed by atoms with E-state index in [0.717, 1.165) is 53.8 Å². The number of nitrogens with zero attached hydrogens (tertiary/aromatic N) is 4. The predicted octanol–water partition coefficient (Wildman–Crippen LogP) is 3.72. The Balaban J connectivity index is 1.41.